The molecular weight excluding hydrogens is 287 g/mol. The van der Waals surface area contributed by atoms with Crippen molar-refractivity contribution in [2.75, 3.05) is 25.1 Å². The van der Waals surface area contributed by atoms with Crippen molar-refractivity contribution in [1.82, 2.24) is 5.32 Å². The highest BCUT2D eigenvalue weighted by Crippen LogP contribution is 2.32. The first-order chi connectivity index (χ1) is 9.50. The molecule has 0 saturated carbocycles. The van der Waals surface area contributed by atoms with E-state index in [9.17, 15) is 13.2 Å². The quantitative estimate of drug-likeness (QED) is 0.900. The molecule has 0 aromatic heterocycles. The van der Waals surface area contributed by atoms with E-state index in [2.05, 4.69) is 5.32 Å². The van der Waals surface area contributed by atoms with Gasteiger partial charge in [0.15, 0.2) is 0 Å². The molecule has 0 unspecified atom stereocenters. The molecule has 1 aromatic rings. The third kappa shape index (κ3) is 4.06. The third-order valence-corrected chi connectivity index (χ3v) is 4.07. The average Bonchev–Trinajstić information content (AvgIpc) is 2.91. The summed E-state index contributed by atoms with van der Waals surface area (Å²) >= 11 is 1.65. The molecule has 112 valence electrons. The van der Waals surface area contributed by atoms with Gasteiger partial charge in [-0.2, -0.15) is 24.9 Å². The van der Waals surface area contributed by atoms with Crippen molar-refractivity contribution in [1.29, 1.82) is 0 Å². The summed E-state index contributed by atoms with van der Waals surface area (Å²) in [5.41, 5.74) is -0.664. The normalized spacial score (nSPS) is 20.9. The maximum Gasteiger partial charge on any atom is 0.416 e. The van der Waals surface area contributed by atoms with Crippen LogP contribution in [-0.2, 0) is 6.18 Å². The topological polar surface area (TPSA) is 21.3 Å². The summed E-state index contributed by atoms with van der Waals surface area (Å²) in [6.45, 7) is 1.81. The molecule has 0 amide bonds. The van der Waals surface area contributed by atoms with Crippen LogP contribution in [0.5, 0.6) is 5.75 Å². The van der Waals surface area contributed by atoms with E-state index in [0.717, 1.165) is 37.4 Å². The van der Waals surface area contributed by atoms with E-state index < -0.39 is 11.7 Å². The Labute approximate surface area is 121 Å². The van der Waals surface area contributed by atoms with Gasteiger partial charge in [0, 0.05) is 18.2 Å². The summed E-state index contributed by atoms with van der Waals surface area (Å²) < 4.78 is 43.9. The van der Waals surface area contributed by atoms with Gasteiger partial charge in [-0.25, -0.2) is 0 Å². The molecule has 0 spiro atoms. The van der Waals surface area contributed by atoms with E-state index in [4.69, 9.17) is 4.74 Å². The second-order valence-electron chi connectivity index (χ2n) is 4.89. The highest BCUT2D eigenvalue weighted by molar-refractivity contribution is 7.98. The smallest absolute Gasteiger partial charge is 0.416 e. The maximum atomic E-state index is 12.7. The van der Waals surface area contributed by atoms with Crippen molar-refractivity contribution in [3.63, 3.8) is 0 Å². The molecule has 6 heteroatoms. The van der Waals surface area contributed by atoms with E-state index in [1.807, 2.05) is 6.26 Å². The molecule has 2 nitrogen and oxygen atoms in total. The van der Waals surface area contributed by atoms with E-state index in [1.54, 1.807) is 17.8 Å². The summed E-state index contributed by atoms with van der Waals surface area (Å²) in [5, 5.41) is 3.26. The fourth-order valence-electron chi connectivity index (χ4n) is 2.35. The predicted octanol–water partition coefficient (Wildman–Crippen LogP) is 3.43. The largest absolute Gasteiger partial charge is 0.489 e. The first-order valence-electron chi connectivity index (χ1n) is 6.54. The van der Waals surface area contributed by atoms with Crippen LogP contribution in [0.3, 0.4) is 0 Å². The summed E-state index contributed by atoms with van der Waals surface area (Å²) in [6, 6.07) is 5.12. The van der Waals surface area contributed by atoms with E-state index in [0.29, 0.717) is 11.7 Å². The fourth-order valence-corrected chi connectivity index (χ4v) is 3.01. The first-order valence-corrected chi connectivity index (χ1v) is 7.93. The Morgan fingerprint density at radius 1 is 1.45 bits per heavy atom. The lowest BCUT2D eigenvalue weighted by atomic mass is 10.0. The number of alkyl halides is 3. The second kappa shape index (κ2) is 6.72. The van der Waals surface area contributed by atoms with E-state index in [1.165, 1.54) is 6.07 Å². The second-order valence-corrected chi connectivity index (χ2v) is 5.80. The van der Waals surface area contributed by atoms with Crippen LogP contribution in [0.25, 0.3) is 0 Å². The van der Waals surface area contributed by atoms with Crippen molar-refractivity contribution < 1.29 is 17.9 Å². The standard InChI is InChI=1S/C14H18F3NOS/c1-20-9-13(10-5-6-18-8-10)19-12-4-2-3-11(7-12)14(15,16)17/h2-4,7,10,13,18H,5-6,8-9H2,1H3/t10-,13+/m0/s1. The van der Waals surface area contributed by atoms with Gasteiger partial charge >= 0.3 is 6.18 Å². The number of benzene rings is 1. The van der Waals surface area contributed by atoms with Crippen LogP contribution in [0.1, 0.15) is 12.0 Å². The number of thioether (sulfide) groups is 1. The molecule has 1 fully saturated rings. The molecule has 2 atom stereocenters. The number of hydrogen-bond donors (Lipinski definition) is 1. The van der Waals surface area contributed by atoms with Gasteiger partial charge in [0.25, 0.3) is 0 Å². The molecule has 2 rings (SSSR count). The maximum absolute atomic E-state index is 12.7. The Kier molecular flexibility index (Phi) is 5.21. The summed E-state index contributed by atoms with van der Waals surface area (Å²) in [5.74, 6) is 1.44. The number of halogens is 3. The van der Waals surface area contributed by atoms with Gasteiger partial charge < -0.3 is 10.1 Å². The van der Waals surface area contributed by atoms with Crippen LogP contribution in [0.4, 0.5) is 13.2 Å². The minimum atomic E-state index is -4.33. The zero-order valence-electron chi connectivity index (χ0n) is 11.2. The Hall–Kier alpha value is -0.880. The molecule has 1 heterocycles. The van der Waals surface area contributed by atoms with Crippen molar-refractivity contribution in [2.45, 2.75) is 18.7 Å². The van der Waals surface area contributed by atoms with Gasteiger partial charge in [0.2, 0.25) is 0 Å². The number of ether oxygens (including phenoxy) is 1. The monoisotopic (exact) mass is 305 g/mol. The van der Waals surface area contributed by atoms with Crippen LogP contribution in [0.2, 0.25) is 0 Å². The molecule has 20 heavy (non-hydrogen) atoms. The molecule has 1 aliphatic heterocycles. The first kappa shape index (κ1) is 15.5. The molecule has 1 N–H and O–H groups in total. The van der Waals surface area contributed by atoms with Gasteiger partial charge in [0.1, 0.15) is 11.9 Å². The van der Waals surface area contributed by atoms with Crippen LogP contribution in [0.15, 0.2) is 24.3 Å². The molecule has 0 bridgehead atoms. The van der Waals surface area contributed by atoms with Crippen LogP contribution in [0, 0.1) is 5.92 Å². The van der Waals surface area contributed by atoms with Crippen LogP contribution >= 0.6 is 11.8 Å². The highest BCUT2D eigenvalue weighted by atomic mass is 32.2. The fraction of sp³-hybridized carbons (Fsp3) is 0.571. The minimum Gasteiger partial charge on any atom is -0.489 e. The average molecular weight is 305 g/mol. The lowest BCUT2D eigenvalue weighted by molar-refractivity contribution is -0.137. The van der Waals surface area contributed by atoms with Crippen LogP contribution < -0.4 is 10.1 Å². The Balaban J connectivity index is 2.09. The molecule has 1 saturated heterocycles. The summed E-state index contributed by atoms with van der Waals surface area (Å²) in [7, 11) is 0. The van der Waals surface area contributed by atoms with Gasteiger partial charge in [-0.3, -0.25) is 0 Å². The lowest BCUT2D eigenvalue weighted by Crippen LogP contribution is -2.31. The number of hydrogen-bond acceptors (Lipinski definition) is 3. The van der Waals surface area contributed by atoms with Crippen LogP contribution in [-0.4, -0.2) is 31.2 Å². The number of rotatable bonds is 5. The lowest BCUT2D eigenvalue weighted by Gasteiger charge is -2.24. The highest BCUT2D eigenvalue weighted by Gasteiger charge is 2.31. The van der Waals surface area contributed by atoms with Gasteiger partial charge in [-0.15, -0.1) is 0 Å². The van der Waals surface area contributed by atoms with E-state index in [-0.39, 0.29) is 6.10 Å². The van der Waals surface area contributed by atoms with Crippen molar-refractivity contribution in [3.8, 4) is 5.75 Å². The number of nitrogens with one attached hydrogen (secondary N) is 1. The third-order valence-electron chi connectivity index (χ3n) is 3.40. The van der Waals surface area contributed by atoms with Gasteiger partial charge in [-0.1, -0.05) is 6.07 Å². The Morgan fingerprint density at radius 2 is 2.25 bits per heavy atom. The Morgan fingerprint density at radius 3 is 2.85 bits per heavy atom. The summed E-state index contributed by atoms with van der Waals surface area (Å²) in [6.07, 6.45) is -1.40. The molecule has 1 aliphatic rings. The predicted molar refractivity (Wildman–Crippen MR) is 75.2 cm³/mol. The molecular formula is C14H18F3NOS. The van der Waals surface area contributed by atoms with Crippen molar-refractivity contribution >= 4 is 11.8 Å². The van der Waals surface area contributed by atoms with Gasteiger partial charge in [-0.05, 0) is 37.4 Å². The van der Waals surface area contributed by atoms with E-state index >= 15 is 0 Å². The Bertz CT molecular complexity index is 433. The van der Waals surface area contributed by atoms with Crippen molar-refractivity contribution in [2.24, 2.45) is 5.92 Å². The molecule has 0 radical (unpaired) electrons. The molecule has 0 aliphatic carbocycles. The molecule has 1 aromatic carbocycles. The summed E-state index contributed by atoms with van der Waals surface area (Å²) in [4.78, 5) is 0. The minimum absolute atomic E-state index is 0.0523. The zero-order chi connectivity index (χ0) is 14.6. The SMILES string of the molecule is CSC[C@@H](Oc1cccc(C(F)(F)F)c1)[C@H]1CCNC1. The van der Waals surface area contributed by atoms with Gasteiger partial charge in [0.05, 0.1) is 5.56 Å². The zero-order valence-corrected chi connectivity index (χ0v) is 12.1. The van der Waals surface area contributed by atoms with Crippen molar-refractivity contribution in [3.05, 3.63) is 29.8 Å².